The van der Waals surface area contributed by atoms with E-state index in [2.05, 4.69) is 43.5 Å². The summed E-state index contributed by atoms with van der Waals surface area (Å²) < 4.78 is 32.4. The van der Waals surface area contributed by atoms with E-state index in [1.807, 2.05) is 6.08 Å². The summed E-state index contributed by atoms with van der Waals surface area (Å²) in [6.45, 7) is 4.48. The molecule has 0 radical (unpaired) electrons. The SMILES string of the molecule is CCCCC/C=C\C/C=C\CCCCCCCCCCCC(=O)NC(CS(=O)(=O)O)C(O)/C=C/CCCCCCCCCCCCC. The zero-order valence-electron chi connectivity index (χ0n) is 30.7. The lowest BCUT2D eigenvalue weighted by Crippen LogP contribution is -2.46. The van der Waals surface area contributed by atoms with Crippen molar-refractivity contribution in [1.82, 2.24) is 5.32 Å². The van der Waals surface area contributed by atoms with Crippen LogP contribution in [0.1, 0.15) is 194 Å². The van der Waals surface area contributed by atoms with Crippen LogP contribution in [0.4, 0.5) is 0 Å². The number of nitrogens with one attached hydrogen (secondary N) is 1. The molecule has 0 saturated carbocycles. The van der Waals surface area contributed by atoms with Gasteiger partial charge in [-0.15, -0.1) is 0 Å². The van der Waals surface area contributed by atoms with Gasteiger partial charge in [0.2, 0.25) is 5.91 Å². The Balaban J connectivity index is 3.93. The van der Waals surface area contributed by atoms with Gasteiger partial charge in [-0.25, -0.2) is 0 Å². The first-order valence-corrected chi connectivity index (χ1v) is 21.3. The first kappa shape index (κ1) is 45.6. The van der Waals surface area contributed by atoms with Gasteiger partial charge in [0.25, 0.3) is 10.1 Å². The van der Waals surface area contributed by atoms with Gasteiger partial charge >= 0.3 is 0 Å². The number of carbonyl (C=O) groups is 1. The van der Waals surface area contributed by atoms with Crippen molar-refractivity contribution < 1.29 is 22.9 Å². The number of allylic oxidation sites excluding steroid dienone is 5. The maximum Gasteiger partial charge on any atom is 0.267 e. The minimum Gasteiger partial charge on any atom is -0.387 e. The molecule has 47 heavy (non-hydrogen) atoms. The lowest BCUT2D eigenvalue weighted by Gasteiger charge is -2.21. The number of carbonyl (C=O) groups excluding carboxylic acids is 1. The Morgan fingerprint density at radius 2 is 0.957 bits per heavy atom. The van der Waals surface area contributed by atoms with Crippen molar-refractivity contribution in [2.24, 2.45) is 0 Å². The molecule has 0 aromatic heterocycles. The molecular weight excluding hydrogens is 607 g/mol. The highest BCUT2D eigenvalue weighted by Crippen LogP contribution is 2.14. The summed E-state index contributed by atoms with van der Waals surface area (Å²) in [5, 5.41) is 13.2. The lowest BCUT2D eigenvalue weighted by atomic mass is 10.0. The van der Waals surface area contributed by atoms with E-state index in [-0.39, 0.29) is 5.91 Å². The van der Waals surface area contributed by atoms with Gasteiger partial charge in [-0.3, -0.25) is 9.35 Å². The Labute approximate surface area is 291 Å². The summed E-state index contributed by atoms with van der Waals surface area (Å²) in [6, 6.07) is -1.06. The topological polar surface area (TPSA) is 104 Å². The van der Waals surface area contributed by atoms with Crippen LogP contribution in [0, 0.1) is 0 Å². The van der Waals surface area contributed by atoms with Crippen LogP contribution in [0.2, 0.25) is 0 Å². The van der Waals surface area contributed by atoms with E-state index in [0.717, 1.165) is 44.9 Å². The van der Waals surface area contributed by atoms with Gasteiger partial charge in [-0.1, -0.05) is 172 Å². The summed E-state index contributed by atoms with van der Waals surface area (Å²) >= 11 is 0. The summed E-state index contributed by atoms with van der Waals surface area (Å²) in [5.41, 5.74) is 0. The summed E-state index contributed by atoms with van der Waals surface area (Å²) in [6.07, 6.45) is 44.1. The Kier molecular flexibility index (Phi) is 33.4. The van der Waals surface area contributed by atoms with Gasteiger partial charge in [-0.05, 0) is 51.4 Å². The molecule has 0 aliphatic rings. The molecule has 0 spiro atoms. The van der Waals surface area contributed by atoms with E-state index in [1.54, 1.807) is 6.08 Å². The van der Waals surface area contributed by atoms with Gasteiger partial charge in [0.05, 0.1) is 17.9 Å². The van der Waals surface area contributed by atoms with Crippen molar-refractivity contribution in [2.75, 3.05) is 5.75 Å². The average molecular weight is 682 g/mol. The smallest absolute Gasteiger partial charge is 0.267 e. The van der Waals surface area contributed by atoms with Crippen molar-refractivity contribution in [3.63, 3.8) is 0 Å². The minimum absolute atomic E-state index is 0.284. The largest absolute Gasteiger partial charge is 0.387 e. The van der Waals surface area contributed by atoms with E-state index in [0.29, 0.717) is 6.42 Å². The second kappa shape index (κ2) is 34.4. The second-order valence-corrected chi connectivity index (χ2v) is 15.1. The maximum absolute atomic E-state index is 12.5. The quantitative estimate of drug-likeness (QED) is 0.0351. The van der Waals surface area contributed by atoms with Crippen molar-refractivity contribution in [3.8, 4) is 0 Å². The monoisotopic (exact) mass is 682 g/mol. The highest BCUT2D eigenvalue weighted by atomic mass is 32.2. The fraction of sp³-hybridized carbons (Fsp3) is 0.825. The molecule has 0 fully saturated rings. The van der Waals surface area contributed by atoms with Crippen LogP contribution in [0.3, 0.4) is 0 Å². The highest BCUT2D eigenvalue weighted by Gasteiger charge is 2.24. The summed E-state index contributed by atoms with van der Waals surface area (Å²) in [7, 11) is -4.34. The molecule has 7 heteroatoms. The number of rotatable bonds is 35. The molecule has 0 aromatic carbocycles. The molecule has 1 amide bonds. The fourth-order valence-electron chi connectivity index (χ4n) is 5.83. The van der Waals surface area contributed by atoms with Crippen molar-refractivity contribution >= 4 is 16.0 Å². The van der Waals surface area contributed by atoms with Crippen LogP contribution in [-0.2, 0) is 14.9 Å². The number of hydrogen-bond acceptors (Lipinski definition) is 4. The summed E-state index contributed by atoms with van der Waals surface area (Å²) in [4.78, 5) is 12.5. The molecule has 0 aliphatic carbocycles. The van der Waals surface area contributed by atoms with Gasteiger partial charge in [0.1, 0.15) is 0 Å². The Morgan fingerprint density at radius 3 is 1.43 bits per heavy atom. The third kappa shape index (κ3) is 35.7. The molecule has 0 saturated heterocycles. The zero-order valence-corrected chi connectivity index (χ0v) is 31.5. The van der Waals surface area contributed by atoms with E-state index in [9.17, 15) is 22.9 Å². The number of aliphatic hydroxyl groups excluding tert-OH is 1. The first-order valence-electron chi connectivity index (χ1n) is 19.7. The summed E-state index contributed by atoms with van der Waals surface area (Å²) in [5.74, 6) is -0.983. The van der Waals surface area contributed by atoms with Crippen LogP contribution in [-0.4, -0.2) is 41.9 Å². The number of hydrogen-bond donors (Lipinski definition) is 3. The van der Waals surface area contributed by atoms with Gasteiger partial charge < -0.3 is 10.4 Å². The maximum atomic E-state index is 12.5. The average Bonchev–Trinajstić information content (AvgIpc) is 3.03. The van der Waals surface area contributed by atoms with E-state index in [1.165, 1.54) is 128 Å². The predicted octanol–water partition coefficient (Wildman–Crippen LogP) is 11.4. The number of unbranched alkanes of at least 4 members (excludes halogenated alkanes) is 23. The molecule has 3 N–H and O–H groups in total. The predicted molar refractivity (Wildman–Crippen MR) is 202 cm³/mol. The minimum atomic E-state index is -4.34. The Bertz CT molecular complexity index is 883. The molecule has 6 nitrogen and oxygen atoms in total. The fourth-order valence-corrected chi connectivity index (χ4v) is 6.57. The van der Waals surface area contributed by atoms with Gasteiger partial charge in [0.15, 0.2) is 0 Å². The molecule has 0 aliphatic heterocycles. The third-order valence-electron chi connectivity index (χ3n) is 8.81. The van der Waals surface area contributed by atoms with Crippen LogP contribution in [0.15, 0.2) is 36.5 Å². The molecule has 0 aromatic rings. The van der Waals surface area contributed by atoms with Crippen LogP contribution in [0.25, 0.3) is 0 Å². The Hall–Kier alpha value is -1.44. The molecular formula is C40H75NO5S. The van der Waals surface area contributed by atoms with Crippen LogP contribution < -0.4 is 5.32 Å². The van der Waals surface area contributed by atoms with E-state index < -0.39 is 28.0 Å². The zero-order chi connectivity index (χ0) is 34.7. The molecule has 2 unspecified atom stereocenters. The van der Waals surface area contributed by atoms with Crippen molar-refractivity contribution in [1.29, 1.82) is 0 Å². The van der Waals surface area contributed by atoms with E-state index >= 15 is 0 Å². The third-order valence-corrected chi connectivity index (χ3v) is 9.59. The lowest BCUT2D eigenvalue weighted by molar-refractivity contribution is -0.122. The van der Waals surface area contributed by atoms with Gasteiger partial charge in [0, 0.05) is 6.42 Å². The Morgan fingerprint density at radius 1 is 0.574 bits per heavy atom. The molecule has 2 atom stereocenters. The van der Waals surface area contributed by atoms with Crippen molar-refractivity contribution in [3.05, 3.63) is 36.5 Å². The standard InChI is InChI=1S/C40H75NO5S/c1-3-5-7-9-11-13-15-17-18-19-20-21-22-24-26-28-30-32-34-36-40(43)41-38(37-47(44,45)46)39(42)35-33-31-29-27-25-23-16-14-12-10-8-6-4-2/h11,13,17-18,33,35,38-39,42H,3-10,12,14-16,19-32,34,36-37H2,1-2H3,(H,41,43)(H,44,45,46)/b13-11-,18-17-,35-33+. The van der Waals surface area contributed by atoms with Crippen LogP contribution >= 0.6 is 0 Å². The van der Waals surface area contributed by atoms with E-state index in [4.69, 9.17) is 0 Å². The molecule has 0 heterocycles. The number of amides is 1. The molecule has 0 bridgehead atoms. The highest BCUT2D eigenvalue weighted by molar-refractivity contribution is 7.85. The van der Waals surface area contributed by atoms with Crippen molar-refractivity contribution in [2.45, 2.75) is 206 Å². The normalized spacial score (nSPS) is 13.7. The molecule has 276 valence electrons. The number of aliphatic hydroxyl groups is 1. The molecule has 0 rings (SSSR count). The first-order chi connectivity index (χ1) is 22.8. The van der Waals surface area contributed by atoms with Gasteiger partial charge in [-0.2, -0.15) is 8.42 Å². The van der Waals surface area contributed by atoms with Crippen LogP contribution in [0.5, 0.6) is 0 Å². The second-order valence-electron chi connectivity index (χ2n) is 13.6.